The summed E-state index contributed by atoms with van der Waals surface area (Å²) in [5, 5.41) is 12.7. The summed E-state index contributed by atoms with van der Waals surface area (Å²) in [5.41, 5.74) is 3.16. The molecule has 0 aromatic heterocycles. The summed E-state index contributed by atoms with van der Waals surface area (Å²) in [6, 6.07) is 6.11. The number of rotatable bonds is 2. The molecule has 0 aliphatic carbocycles. The number of carbonyl (C=O) groups excluding carboxylic acids is 1. The Bertz CT molecular complexity index is 561. The minimum Gasteiger partial charge on any atom is -0.391 e. The van der Waals surface area contributed by atoms with E-state index in [1.807, 2.05) is 24.8 Å². The number of hydrogen-bond acceptors (Lipinski definition) is 4. The number of benzene rings is 1. The molecule has 1 atom stereocenters. The van der Waals surface area contributed by atoms with Crippen LogP contribution in [0.3, 0.4) is 0 Å². The lowest BCUT2D eigenvalue weighted by molar-refractivity contribution is 0.0883. The van der Waals surface area contributed by atoms with Gasteiger partial charge in [-0.1, -0.05) is 0 Å². The predicted molar refractivity (Wildman–Crippen MR) is 96.5 cm³/mol. The largest absolute Gasteiger partial charge is 0.391 e. The summed E-state index contributed by atoms with van der Waals surface area (Å²) in [4.78, 5) is 16.4. The Morgan fingerprint density at radius 2 is 2.09 bits per heavy atom. The Hall–Kier alpha value is -1.40. The maximum absolute atomic E-state index is 12.3. The Labute approximate surface area is 142 Å². The smallest absolute Gasteiger partial charge is 0.321 e. The first-order valence-corrected chi connectivity index (χ1v) is 9.46. The van der Waals surface area contributed by atoms with E-state index in [9.17, 15) is 9.90 Å². The number of nitrogens with zero attached hydrogens (tertiary/aromatic N) is 2. The maximum atomic E-state index is 12.3. The van der Waals surface area contributed by atoms with E-state index in [2.05, 4.69) is 22.3 Å². The first-order chi connectivity index (χ1) is 11.1. The van der Waals surface area contributed by atoms with Crippen LogP contribution in [-0.2, 0) is 0 Å². The third kappa shape index (κ3) is 4.12. The molecule has 0 saturated carbocycles. The quantitative estimate of drug-likeness (QED) is 0.872. The molecule has 0 radical (unpaired) electrons. The first-order valence-electron chi connectivity index (χ1n) is 8.31. The molecule has 0 spiro atoms. The highest BCUT2D eigenvalue weighted by Crippen LogP contribution is 2.25. The first kappa shape index (κ1) is 16.5. The maximum Gasteiger partial charge on any atom is 0.321 e. The van der Waals surface area contributed by atoms with Crippen LogP contribution in [0.15, 0.2) is 18.2 Å². The number of aliphatic hydroxyl groups is 1. The minimum absolute atomic E-state index is 0.117. The molecule has 23 heavy (non-hydrogen) atoms. The normalized spacial score (nSPS) is 22.1. The molecule has 2 fully saturated rings. The van der Waals surface area contributed by atoms with Crippen LogP contribution in [0, 0.1) is 6.92 Å². The number of nitrogens with one attached hydrogen (secondary N) is 1. The zero-order chi connectivity index (χ0) is 16.2. The number of aryl methyl sites for hydroxylation is 1. The molecule has 2 saturated heterocycles. The highest BCUT2D eigenvalue weighted by atomic mass is 32.2. The zero-order valence-electron chi connectivity index (χ0n) is 13.6. The SMILES string of the molecule is Cc1cc(N2CCSCC2)ccc1NC(=O)N1CCCC(O)C1. The van der Waals surface area contributed by atoms with E-state index < -0.39 is 6.10 Å². The van der Waals surface area contributed by atoms with Crippen LogP contribution in [0.2, 0.25) is 0 Å². The second-order valence-electron chi connectivity index (χ2n) is 6.27. The number of carbonyl (C=O) groups is 1. The van der Waals surface area contributed by atoms with Gasteiger partial charge in [0.25, 0.3) is 0 Å². The van der Waals surface area contributed by atoms with Crippen molar-refractivity contribution in [2.75, 3.05) is 47.9 Å². The number of amides is 2. The molecule has 6 heteroatoms. The Morgan fingerprint density at radius 1 is 1.30 bits per heavy atom. The van der Waals surface area contributed by atoms with Crippen LogP contribution in [0.5, 0.6) is 0 Å². The van der Waals surface area contributed by atoms with Crippen LogP contribution < -0.4 is 10.2 Å². The van der Waals surface area contributed by atoms with E-state index >= 15 is 0 Å². The van der Waals surface area contributed by atoms with Gasteiger partial charge in [0, 0.05) is 49.1 Å². The van der Waals surface area contributed by atoms with Crippen LogP contribution >= 0.6 is 11.8 Å². The molecule has 2 heterocycles. The summed E-state index contributed by atoms with van der Waals surface area (Å²) in [6.45, 7) is 5.34. The number of anilines is 2. The molecular weight excluding hydrogens is 310 g/mol. The van der Waals surface area contributed by atoms with Crippen molar-refractivity contribution in [2.45, 2.75) is 25.9 Å². The standard InChI is InChI=1S/C17H25N3O2S/c1-13-11-14(19-7-9-23-10-8-19)4-5-16(13)18-17(22)20-6-2-3-15(21)12-20/h4-5,11,15,21H,2-3,6-10,12H2,1H3,(H,18,22). The van der Waals surface area contributed by atoms with E-state index in [1.54, 1.807) is 4.90 Å². The van der Waals surface area contributed by atoms with Crippen molar-refractivity contribution in [3.05, 3.63) is 23.8 Å². The van der Waals surface area contributed by atoms with E-state index in [1.165, 1.54) is 17.2 Å². The molecular formula is C17H25N3O2S. The molecule has 2 aliphatic rings. The van der Waals surface area contributed by atoms with Gasteiger partial charge in [-0.05, 0) is 43.5 Å². The average molecular weight is 335 g/mol. The third-order valence-electron chi connectivity index (χ3n) is 4.51. The highest BCUT2D eigenvalue weighted by Gasteiger charge is 2.22. The van der Waals surface area contributed by atoms with Gasteiger partial charge in [0.15, 0.2) is 0 Å². The second-order valence-corrected chi connectivity index (χ2v) is 7.50. The van der Waals surface area contributed by atoms with Crippen LogP contribution in [0.1, 0.15) is 18.4 Å². The monoisotopic (exact) mass is 335 g/mol. The van der Waals surface area contributed by atoms with Gasteiger partial charge in [-0.3, -0.25) is 0 Å². The van der Waals surface area contributed by atoms with Crippen molar-refractivity contribution in [1.29, 1.82) is 0 Å². The molecule has 0 bridgehead atoms. The molecule has 2 amide bonds. The molecule has 3 rings (SSSR count). The van der Waals surface area contributed by atoms with E-state index in [0.29, 0.717) is 13.1 Å². The highest BCUT2D eigenvalue weighted by molar-refractivity contribution is 7.99. The lowest BCUT2D eigenvalue weighted by atomic mass is 10.1. The van der Waals surface area contributed by atoms with Gasteiger partial charge >= 0.3 is 6.03 Å². The number of aliphatic hydroxyl groups excluding tert-OH is 1. The Morgan fingerprint density at radius 3 is 2.78 bits per heavy atom. The summed E-state index contributed by atoms with van der Waals surface area (Å²) in [5.74, 6) is 2.35. The van der Waals surface area contributed by atoms with Crippen LogP contribution in [0.4, 0.5) is 16.2 Å². The van der Waals surface area contributed by atoms with Crippen molar-refractivity contribution in [2.24, 2.45) is 0 Å². The summed E-state index contributed by atoms with van der Waals surface area (Å²) < 4.78 is 0. The van der Waals surface area contributed by atoms with E-state index in [4.69, 9.17) is 0 Å². The topological polar surface area (TPSA) is 55.8 Å². The van der Waals surface area contributed by atoms with Gasteiger partial charge in [0.2, 0.25) is 0 Å². The number of thioether (sulfide) groups is 1. The fourth-order valence-electron chi connectivity index (χ4n) is 3.14. The molecule has 1 aromatic rings. The fourth-order valence-corrected chi connectivity index (χ4v) is 4.04. The lowest BCUT2D eigenvalue weighted by Crippen LogP contribution is -2.44. The molecule has 5 nitrogen and oxygen atoms in total. The average Bonchev–Trinajstić information content (AvgIpc) is 2.57. The molecule has 2 N–H and O–H groups in total. The molecule has 1 unspecified atom stereocenters. The van der Waals surface area contributed by atoms with Crippen LogP contribution in [-0.4, -0.2) is 59.8 Å². The van der Waals surface area contributed by atoms with Crippen LogP contribution in [0.25, 0.3) is 0 Å². The van der Waals surface area contributed by atoms with Crippen molar-refractivity contribution < 1.29 is 9.90 Å². The van der Waals surface area contributed by atoms with Gasteiger partial charge in [-0.15, -0.1) is 0 Å². The number of likely N-dealkylation sites (tertiary alicyclic amines) is 1. The number of β-amino-alcohol motifs (C(OH)–C–C–N with tert-alkyl or cyclic N) is 1. The van der Waals surface area contributed by atoms with E-state index in [0.717, 1.165) is 37.2 Å². The van der Waals surface area contributed by atoms with Crippen molar-refractivity contribution in [3.63, 3.8) is 0 Å². The van der Waals surface area contributed by atoms with Gasteiger partial charge in [-0.2, -0.15) is 11.8 Å². The Balaban J connectivity index is 1.64. The van der Waals surface area contributed by atoms with E-state index in [-0.39, 0.29) is 6.03 Å². The second kappa shape index (κ2) is 7.45. The fraction of sp³-hybridized carbons (Fsp3) is 0.588. The number of hydrogen-bond donors (Lipinski definition) is 2. The lowest BCUT2D eigenvalue weighted by Gasteiger charge is -2.31. The minimum atomic E-state index is -0.394. The summed E-state index contributed by atoms with van der Waals surface area (Å²) in [6.07, 6.45) is 1.25. The van der Waals surface area contributed by atoms with Gasteiger partial charge in [-0.25, -0.2) is 4.79 Å². The van der Waals surface area contributed by atoms with Gasteiger partial charge < -0.3 is 20.2 Å². The summed E-state index contributed by atoms with van der Waals surface area (Å²) >= 11 is 2.00. The third-order valence-corrected chi connectivity index (χ3v) is 5.45. The molecule has 126 valence electrons. The number of urea groups is 1. The van der Waals surface area contributed by atoms with Crippen molar-refractivity contribution >= 4 is 29.2 Å². The number of piperidine rings is 1. The zero-order valence-corrected chi connectivity index (χ0v) is 14.4. The molecule has 2 aliphatic heterocycles. The van der Waals surface area contributed by atoms with Gasteiger partial charge in [0.05, 0.1) is 6.10 Å². The molecule has 1 aromatic carbocycles. The summed E-state index contributed by atoms with van der Waals surface area (Å²) in [7, 11) is 0. The predicted octanol–water partition coefficient (Wildman–Crippen LogP) is 2.54. The van der Waals surface area contributed by atoms with Crippen molar-refractivity contribution in [3.8, 4) is 0 Å². The van der Waals surface area contributed by atoms with Gasteiger partial charge in [0.1, 0.15) is 0 Å². The van der Waals surface area contributed by atoms with Crippen molar-refractivity contribution in [1.82, 2.24) is 4.90 Å². The Kier molecular flexibility index (Phi) is 5.33.